The normalized spacial score (nSPS) is 12.1. The minimum Gasteiger partial charge on any atom is -0.324 e. The fourth-order valence-corrected chi connectivity index (χ4v) is 2.87. The summed E-state index contributed by atoms with van der Waals surface area (Å²) in [6, 6.07) is 1.73. The van der Waals surface area contributed by atoms with Crippen LogP contribution >= 0.6 is 11.6 Å². The molecule has 104 valence electrons. The standard InChI is InChI=1S/C10H14ClN5O2S/c1-7(2)16-5-4-8(13-16)14-19(17,18)10-9(11)15(3)6-12-10/h4-7H,1-3H3,(H,13,14). The summed E-state index contributed by atoms with van der Waals surface area (Å²) in [5.74, 6) is 0.232. The number of aromatic nitrogens is 4. The SMILES string of the molecule is CC(C)n1ccc(NS(=O)(=O)c2ncn(C)c2Cl)n1. The lowest BCUT2D eigenvalue weighted by atomic mass is 10.4. The van der Waals surface area contributed by atoms with Crippen LogP contribution in [0.4, 0.5) is 5.82 Å². The Balaban J connectivity index is 2.28. The van der Waals surface area contributed by atoms with E-state index in [0.717, 1.165) is 0 Å². The van der Waals surface area contributed by atoms with Crippen LogP contribution in [-0.4, -0.2) is 27.7 Å². The molecule has 0 spiro atoms. The number of aryl methyl sites for hydroxylation is 1. The molecule has 1 N–H and O–H groups in total. The van der Waals surface area contributed by atoms with Crippen LogP contribution in [0.1, 0.15) is 19.9 Å². The summed E-state index contributed by atoms with van der Waals surface area (Å²) in [6.45, 7) is 3.89. The minimum absolute atomic E-state index is 0.0517. The fourth-order valence-electron chi connectivity index (χ4n) is 1.44. The maximum absolute atomic E-state index is 12.1. The van der Waals surface area contributed by atoms with Gasteiger partial charge in [0.1, 0.15) is 5.15 Å². The average Bonchev–Trinajstić information content (AvgIpc) is 2.87. The van der Waals surface area contributed by atoms with Crippen LogP contribution in [-0.2, 0) is 17.1 Å². The highest BCUT2D eigenvalue weighted by Gasteiger charge is 2.23. The topological polar surface area (TPSA) is 81.8 Å². The Hall–Kier alpha value is -1.54. The lowest BCUT2D eigenvalue weighted by Gasteiger charge is -2.05. The number of rotatable bonds is 4. The number of halogens is 1. The Kier molecular flexibility index (Phi) is 3.55. The zero-order valence-corrected chi connectivity index (χ0v) is 12.3. The van der Waals surface area contributed by atoms with Crippen molar-refractivity contribution in [1.29, 1.82) is 0 Å². The summed E-state index contributed by atoms with van der Waals surface area (Å²) in [4.78, 5) is 3.77. The van der Waals surface area contributed by atoms with Gasteiger partial charge >= 0.3 is 0 Å². The Bertz CT molecular complexity index is 689. The minimum atomic E-state index is -3.83. The molecule has 0 amide bonds. The maximum Gasteiger partial charge on any atom is 0.283 e. The molecule has 0 atom stereocenters. The molecular weight excluding hydrogens is 290 g/mol. The number of imidazole rings is 1. The third-order valence-electron chi connectivity index (χ3n) is 2.47. The molecule has 0 saturated carbocycles. The first-order valence-corrected chi connectivity index (χ1v) is 7.42. The van der Waals surface area contributed by atoms with Gasteiger partial charge in [-0.15, -0.1) is 0 Å². The molecule has 7 nitrogen and oxygen atoms in total. The van der Waals surface area contributed by atoms with E-state index in [9.17, 15) is 8.42 Å². The Labute approximate surface area is 116 Å². The van der Waals surface area contributed by atoms with Crippen molar-refractivity contribution >= 4 is 27.4 Å². The van der Waals surface area contributed by atoms with Crippen molar-refractivity contribution in [2.24, 2.45) is 7.05 Å². The van der Waals surface area contributed by atoms with E-state index in [1.165, 1.54) is 10.9 Å². The molecule has 0 radical (unpaired) electrons. The average molecular weight is 304 g/mol. The van der Waals surface area contributed by atoms with Gasteiger partial charge in [-0.05, 0) is 13.8 Å². The van der Waals surface area contributed by atoms with Crippen LogP contribution in [0.3, 0.4) is 0 Å². The lowest BCUT2D eigenvalue weighted by Crippen LogP contribution is -2.15. The van der Waals surface area contributed by atoms with Crippen molar-refractivity contribution in [3.63, 3.8) is 0 Å². The first-order valence-electron chi connectivity index (χ1n) is 5.56. The van der Waals surface area contributed by atoms with E-state index < -0.39 is 10.0 Å². The van der Waals surface area contributed by atoms with Crippen LogP contribution < -0.4 is 4.72 Å². The van der Waals surface area contributed by atoms with Gasteiger partial charge in [0.15, 0.2) is 5.82 Å². The Morgan fingerprint density at radius 2 is 2.11 bits per heavy atom. The second-order valence-electron chi connectivity index (χ2n) is 4.33. The molecule has 2 rings (SSSR count). The summed E-state index contributed by atoms with van der Waals surface area (Å²) in [7, 11) is -2.21. The highest BCUT2D eigenvalue weighted by molar-refractivity contribution is 7.92. The van der Waals surface area contributed by atoms with Gasteiger partial charge in [0.2, 0.25) is 5.03 Å². The van der Waals surface area contributed by atoms with E-state index in [1.54, 1.807) is 24.0 Å². The molecule has 0 aliphatic rings. The van der Waals surface area contributed by atoms with Gasteiger partial charge in [0.05, 0.1) is 6.33 Å². The molecule has 0 bridgehead atoms. The summed E-state index contributed by atoms with van der Waals surface area (Å²) < 4.78 is 29.6. The van der Waals surface area contributed by atoms with E-state index in [2.05, 4.69) is 14.8 Å². The van der Waals surface area contributed by atoms with E-state index >= 15 is 0 Å². The van der Waals surface area contributed by atoms with Crippen LogP contribution in [0.25, 0.3) is 0 Å². The number of hydrogen-bond donors (Lipinski definition) is 1. The van der Waals surface area contributed by atoms with Crippen LogP contribution in [0.15, 0.2) is 23.6 Å². The molecule has 2 aromatic rings. The molecule has 9 heteroatoms. The summed E-state index contributed by atoms with van der Waals surface area (Å²) >= 11 is 5.87. The highest BCUT2D eigenvalue weighted by Crippen LogP contribution is 2.21. The van der Waals surface area contributed by atoms with E-state index in [4.69, 9.17) is 11.6 Å². The van der Waals surface area contributed by atoms with E-state index in [-0.39, 0.29) is 22.0 Å². The van der Waals surface area contributed by atoms with Crippen molar-refractivity contribution in [2.45, 2.75) is 24.9 Å². The zero-order chi connectivity index (χ0) is 14.2. The maximum atomic E-state index is 12.1. The molecule has 19 heavy (non-hydrogen) atoms. The number of sulfonamides is 1. The monoisotopic (exact) mass is 303 g/mol. The van der Waals surface area contributed by atoms with Crippen LogP contribution in [0.5, 0.6) is 0 Å². The zero-order valence-electron chi connectivity index (χ0n) is 10.7. The summed E-state index contributed by atoms with van der Waals surface area (Å²) in [5, 5.41) is 3.95. The van der Waals surface area contributed by atoms with Crippen molar-refractivity contribution in [3.05, 3.63) is 23.7 Å². The number of anilines is 1. The second-order valence-corrected chi connectivity index (χ2v) is 6.29. The van der Waals surface area contributed by atoms with Gasteiger partial charge in [-0.3, -0.25) is 9.40 Å². The van der Waals surface area contributed by atoms with Crippen LogP contribution in [0, 0.1) is 0 Å². The van der Waals surface area contributed by atoms with Crippen molar-refractivity contribution in [2.75, 3.05) is 4.72 Å². The smallest absolute Gasteiger partial charge is 0.283 e. The molecule has 0 aliphatic heterocycles. The van der Waals surface area contributed by atoms with Gasteiger partial charge in [0.25, 0.3) is 10.0 Å². The van der Waals surface area contributed by atoms with E-state index in [0.29, 0.717) is 0 Å². The predicted molar refractivity (Wildman–Crippen MR) is 71.6 cm³/mol. The third-order valence-corrected chi connectivity index (χ3v) is 4.31. The van der Waals surface area contributed by atoms with Crippen molar-refractivity contribution in [3.8, 4) is 0 Å². The molecule has 0 saturated heterocycles. The molecular formula is C10H14ClN5O2S. The van der Waals surface area contributed by atoms with Gasteiger partial charge in [0, 0.05) is 25.4 Å². The Morgan fingerprint density at radius 1 is 1.42 bits per heavy atom. The highest BCUT2D eigenvalue weighted by atomic mass is 35.5. The molecule has 2 aromatic heterocycles. The quantitative estimate of drug-likeness (QED) is 0.931. The van der Waals surface area contributed by atoms with Crippen LogP contribution in [0.2, 0.25) is 5.15 Å². The van der Waals surface area contributed by atoms with Gasteiger partial charge in [-0.25, -0.2) is 4.98 Å². The van der Waals surface area contributed by atoms with Crippen molar-refractivity contribution in [1.82, 2.24) is 19.3 Å². The summed E-state index contributed by atoms with van der Waals surface area (Å²) in [6.07, 6.45) is 3.03. The lowest BCUT2D eigenvalue weighted by molar-refractivity contribution is 0.534. The van der Waals surface area contributed by atoms with Crippen molar-refractivity contribution < 1.29 is 8.42 Å². The number of nitrogens with zero attached hydrogens (tertiary/aromatic N) is 4. The first-order chi connectivity index (χ1) is 8.81. The summed E-state index contributed by atoms with van der Waals surface area (Å²) in [5.41, 5.74) is 0. The third kappa shape index (κ3) is 2.74. The fraction of sp³-hybridized carbons (Fsp3) is 0.400. The van der Waals surface area contributed by atoms with E-state index in [1.807, 2.05) is 13.8 Å². The Morgan fingerprint density at radius 3 is 2.58 bits per heavy atom. The molecule has 2 heterocycles. The molecule has 0 aliphatic carbocycles. The van der Waals surface area contributed by atoms with Gasteiger partial charge in [-0.1, -0.05) is 11.6 Å². The first kappa shape index (κ1) is 13.9. The largest absolute Gasteiger partial charge is 0.324 e. The number of nitrogens with one attached hydrogen (secondary N) is 1. The van der Waals surface area contributed by atoms with Gasteiger partial charge < -0.3 is 4.57 Å². The second kappa shape index (κ2) is 4.86. The predicted octanol–water partition coefficient (Wildman–Crippen LogP) is 1.65. The van der Waals surface area contributed by atoms with Gasteiger partial charge in [-0.2, -0.15) is 13.5 Å². The molecule has 0 unspecified atom stereocenters. The number of hydrogen-bond acceptors (Lipinski definition) is 4. The molecule has 0 aromatic carbocycles. The molecule has 0 fully saturated rings.